The molecule has 0 radical (unpaired) electrons. The van der Waals surface area contributed by atoms with Gasteiger partial charge in [-0.2, -0.15) is 0 Å². The summed E-state index contributed by atoms with van der Waals surface area (Å²) >= 11 is 0. The van der Waals surface area contributed by atoms with Crippen LogP contribution in [0.5, 0.6) is 0 Å². The Morgan fingerprint density at radius 3 is 2.53 bits per heavy atom. The Bertz CT molecular complexity index is 299. The first kappa shape index (κ1) is 10.7. The Labute approximate surface area is 90.0 Å². The number of rotatable bonds is 4. The molecule has 1 aromatic rings. The topological polar surface area (TPSA) is 42.6 Å². The van der Waals surface area contributed by atoms with E-state index in [4.69, 9.17) is 9.15 Å². The van der Waals surface area contributed by atoms with Crippen molar-refractivity contribution in [1.82, 2.24) is 0 Å². The van der Waals surface area contributed by atoms with E-state index >= 15 is 0 Å². The standard InChI is InChI=1S/C12H18O3/c1-9(2)10(6-13)12(7-14-8-12)11-4-3-5-15-11/h3-5,9-10,13H,6-8H2,1-2H3. The van der Waals surface area contributed by atoms with Gasteiger partial charge in [-0.1, -0.05) is 13.8 Å². The summed E-state index contributed by atoms with van der Waals surface area (Å²) < 4.78 is 10.8. The lowest BCUT2D eigenvalue weighted by Crippen LogP contribution is -2.54. The Morgan fingerprint density at radius 1 is 1.47 bits per heavy atom. The minimum atomic E-state index is -0.105. The maximum Gasteiger partial charge on any atom is 0.114 e. The number of aliphatic hydroxyl groups is 1. The molecule has 1 fully saturated rings. The van der Waals surface area contributed by atoms with Gasteiger partial charge in [-0.15, -0.1) is 0 Å². The number of aliphatic hydroxyl groups excluding tert-OH is 1. The highest BCUT2D eigenvalue weighted by Gasteiger charge is 2.50. The highest BCUT2D eigenvalue weighted by atomic mass is 16.5. The molecule has 84 valence electrons. The van der Waals surface area contributed by atoms with Gasteiger partial charge in [0.1, 0.15) is 5.76 Å². The molecule has 1 aliphatic rings. The fraction of sp³-hybridized carbons (Fsp3) is 0.667. The Morgan fingerprint density at radius 2 is 2.20 bits per heavy atom. The largest absolute Gasteiger partial charge is 0.469 e. The Kier molecular flexibility index (Phi) is 2.85. The van der Waals surface area contributed by atoms with Crippen molar-refractivity contribution in [3.8, 4) is 0 Å². The molecular weight excluding hydrogens is 192 g/mol. The van der Waals surface area contributed by atoms with Crippen molar-refractivity contribution < 1.29 is 14.3 Å². The number of hydrogen-bond donors (Lipinski definition) is 1. The quantitative estimate of drug-likeness (QED) is 0.824. The van der Waals surface area contributed by atoms with Crippen molar-refractivity contribution in [2.24, 2.45) is 11.8 Å². The zero-order valence-electron chi connectivity index (χ0n) is 9.27. The summed E-state index contributed by atoms with van der Waals surface area (Å²) in [5, 5.41) is 9.50. The predicted octanol–water partition coefficient (Wildman–Crippen LogP) is 1.81. The van der Waals surface area contributed by atoms with Gasteiger partial charge in [-0.3, -0.25) is 0 Å². The third kappa shape index (κ3) is 1.60. The van der Waals surface area contributed by atoms with Gasteiger partial charge >= 0.3 is 0 Å². The average molecular weight is 210 g/mol. The molecule has 2 rings (SSSR count). The average Bonchev–Trinajstić information content (AvgIpc) is 2.62. The second-order valence-electron chi connectivity index (χ2n) is 4.66. The second-order valence-corrected chi connectivity index (χ2v) is 4.66. The van der Waals surface area contributed by atoms with E-state index in [-0.39, 0.29) is 17.9 Å². The van der Waals surface area contributed by atoms with Gasteiger partial charge in [-0.05, 0) is 18.1 Å². The van der Waals surface area contributed by atoms with E-state index in [2.05, 4.69) is 13.8 Å². The highest BCUT2D eigenvalue weighted by Crippen LogP contribution is 2.42. The van der Waals surface area contributed by atoms with Crippen molar-refractivity contribution in [2.45, 2.75) is 19.3 Å². The zero-order chi connectivity index (χ0) is 10.9. The van der Waals surface area contributed by atoms with Gasteiger partial charge in [-0.25, -0.2) is 0 Å². The summed E-state index contributed by atoms with van der Waals surface area (Å²) in [5.74, 6) is 1.57. The van der Waals surface area contributed by atoms with Crippen LogP contribution in [0.25, 0.3) is 0 Å². The molecule has 1 saturated heterocycles. The first-order valence-electron chi connectivity index (χ1n) is 5.43. The van der Waals surface area contributed by atoms with Crippen molar-refractivity contribution in [3.05, 3.63) is 24.2 Å². The molecule has 0 spiro atoms. The van der Waals surface area contributed by atoms with Gasteiger partial charge in [0.15, 0.2) is 0 Å². The van der Waals surface area contributed by atoms with Crippen LogP contribution in [-0.4, -0.2) is 24.9 Å². The highest BCUT2D eigenvalue weighted by molar-refractivity contribution is 5.20. The minimum Gasteiger partial charge on any atom is -0.469 e. The van der Waals surface area contributed by atoms with E-state index in [1.54, 1.807) is 6.26 Å². The van der Waals surface area contributed by atoms with E-state index in [0.717, 1.165) is 5.76 Å². The van der Waals surface area contributed by atoms with Gasteiger partial charge in [0.05, 0.1) is 24.9 Å². The SMILES string of the molecule is CC(C)C(CO)C1(c2ccco2)COC1. The number of ether oxygens (including phenoxy) is 1. The minimum absolute atomic E-state index is 0.105. The maximum absolute atomic E-state index is 9.50. The van der Waals surface area contributed by atoms with Gasteiger partial charge in [0.25, 0.3) is 0 Å². The number of furan rings is 1. The number of hydrogen-bond acceptors (Lipinski definition) is 3. The van der Waals surface area contributed by atoms with E-state index in [1.807, 2.05) is 12.1 Å². The fourth-order valence-corrected chi connectivity index (χ4v) is 2.45. The normalized spacial score (nSPS) is 21.3. The Hall–Kier alpha value is -0.800. The van der Waals surface area contributed by atoms with Crippen LogP contribution < -0.4 is 0 Å². The molecular formula is C12H18O3. The van der Waals surface area contributed by atoms with Crippen LogP contribution in [-0.2, 0) is 10.2 Å². The molecule has 0 saturated carbocycles. The van der Waals surface area contributed by atoms with Crippen molar-refractivity contribution >= 4 is 0 Å². The van der Waals surface area contributed by atoms with E-state index < -0.39 is 0 Å². The Balaban J connectivity index is 2.28. The summed E-state index contributed by atoms with van der Waals surface area (Å²) in [6, 6.07) is 3.87. The van der Waals surface area contributed by atoms with Crippen LogP contribution >= 0.6 is 0 Å². The molecule has 0 aliphatic carbocycles. The lowest BCUT2D eigenvalue weighted by Gasteiger charge is -2.46. The van der Waals surface area contributed by atoms with Crippen LogP contribution in [0.15, 0.2) is 22.8 Å². The molecule has 0 bridgehead atoms. The lowest BCUT2D eigenvalue weighted by molar-refractivity contribution is -0.120. The molecule has 1 unspecified atom stereocenters. The van der Waals surface area contributed by atoms with E-state index in [9.17, 15) is 5.11 Å². The second kappa shape index (κ2) is 3.99. The maximum atomic E-state index is 9.50. The molecule has 0 amide bonds. The lowest BCUT2D eigenvalue weighted by atomic mass is 9.67. The smallest absolute Gasteiger partial charge is 0.114 e. The van der Waals surface area contributed by atoms with Crippen molar-refractivity contribution in [1.29, 1.82) is 0 Å². The molecule has 1 atom stereocenters. The van der Waals surface area contributed by atoms with E-state index in [0.29, 0.717) is 19.1 Å². The predicted molar refractivity (Wildman–Crippen MR) is 56.6 cm³/mol. The summed E-state index contributed by atoms with van der Waals surface area (Å²) in [4.78, 5) is 0. The summed E-state index contributed by atoms with van der Waals surface area (Å²) in [5.41, 5.74) is -0.105. The fourth-order valence-electron chi connectivity index (χ4n) is 2.45. The summed E-state index contributed by atoms with van der Waals surface area (Å²) in [6.07, 6.45) is 1.68. The van der Waals surface area contributed by atoms with Crippen LogP contribution in [0.4, 0.5) is 0 Å². The molecule has 15 heavy (non-hydrogen) atoms. The molecule has 3 nitrogen and oxygen atoms in total. The third-order valence-corrected chi connectivity index (χ3v) is 3.44. The van der Waals surface area contributed by atoms with Crippen molar-refractivity contribution in [3.63, 3.8) is 0 Å². The van der Waals surface area contributed by atoms with E-state index in [1.165, 1.54) is 0 Å². The third-order valence-electron chi connectivity index (χ3n) is 3.44. The van der Waals surface area contributed by atoms with Gasteiger partial charge in [0.2, 0.25) is 0 Å². The van der Waals surface area contributed by atoms with Gasteiger partial charge in [0, 0.05) is 12.5 Å². The monoisotopic (exact) mass is 210 g/mol. The first-order valence-corrected chi connectivity index (χ1v) is 5.43. The van der Waals surface area contributed by atoms with Gasteiger partial charge < -0.3 is 14.3 Å². The van der Waals surface area contributed by atoms with Crippen LogP contribution in [0.2, 0.25) is 0 Å². The molecule has 3 heteroatoms. The van der Waals surface area contributed by atoms with Crippen LogP contribution in [0.3, 0.4) is 0 Å². The van der Waals surface area contributed by atoms with Crippen LogP contribution in [0, 0.1) is 11.8 Å². The molecule has 1 N–H and O–H groups in total. The summed E-state index contributed by atoms with van der Waals surface area (Å²) in [6.45, 7) is 5.75. The molecule has 1 aromatic heterocycles. The van der Waals surface area contributed by atoms with Crippen LogP contribution in [0.1, 0.15) is 19.6 Å². The first-order chi connectivity index (χ1) is 7.20. The summed E-state index contributed by atoms with van der Waals surface area (Å²) in [7, 11) is 0. The molecule has 2 heterocycles. The molecule has 1 aliphatic heterocycles. The zero-order valence-corrected chi connectivity index (χ0v) is 9.27. The molecule has 0 aromatic carbocycles. The van der Waals surface area contributed by atoms with Crippen molar-refractivity contribution in [2.75, 3.05) is 19.8 Å².